The predicted molar refractivity (Wildman–Crippen MR) is 118 cm³/mol. The highest BCUT2D eigenvalue weighted by atomic mass is 32.1. The summed E-state index contributed by atoms with van der Waals surface area (Å²) in [6, 6.07) is 20.2. The molecule has 3 N–H and O–H groups in total. The second-order valence-electron chi connectivity index (χ2n) is 6.15. The van der Waals surface area contributed by atoms with E-state index in [-0.39, 0.29) is 11.7 Å². The van der Waals surface area contributed by atoms with Crippen LogP contribution in [0.15, 0.2) is 66.7 Å². The number of amides is 2. The van der Waals surface area contributed by atoms with Crippen LogP contribution in [0.1, 0.15) is 17.3 Å². The maximum atomic E-state index is 12.4. The number of thiocarbonyl (C=S) groups is 1. The van der Waals surface area contributed by atoms with Gasteiger partial charge in [0.15, 0.2) is 11.7 Å². The lowest BCUT2D eigenvalue weighted by Gasteiger charge is -2.13. The summed E-state index contributed by atoms with van der Waals surface area (Å²) >= 11 is 5.06. The summed E-state index contributed by atoms with van der Waals surface area (Å²) in [4.78, 5) is 24.4. The molecule has 0 spiro atoms. The Labute approximate surface area is 179 Å². The molecule has 3 aromatic rings. The maximum Gasteiger partial charge on any atom is 0.276 e. The number of rotatable bonds is 6. The molecule has 0 atom stereocenters. The molecule has 0 heterocycles. The summed E-state index contributed by atoms with van der Waals surface area (Å²) < 4.78 is 11.0. The number of ether oxygens (including phenoxy) is 2. The Morgan fingerprint density at radius 2 is 1.57 bits per heavy atom. The Hall–Kier alpha value is -3.65. The van der Waals surface area contributed by atoms with Gasteiger partial charge in [-0.3, -0.25) is 25.8 Å². The zero-order valence-corrected chi connectivity index (χ0v) is 17.1. The Balaban J connectivity index is 1.49. The highest BCUT2D eigenvalue weighted by molar-refractivity contribution is 7.80. The van der Waals surface area contributed by atoms with Crippen molar-refractivity contribution in [2.45, 2.75) is 6.92 Å². The number of hydrogen-bond donors (Lipinski definition) is 3. The third-order valence-electron chi connectivity index (χ3n) is 4.08. The molecule has 0 aliphatic carbocycles. The van der Waals surface area contributed by atoms with Crippen molar-refractivity contribution in [3.8, 4) is 11.5 Å². The fraction of sp³-hybridized carbons (Fsp3) is 0.136. The van der Waals surface area contributed by atoms with Crippen LogP contribution in [0.5, 0.6) is 11.5 Å². The fourth-order valence-corrected chi connectivity index (χ4v) is 2.91. The number of benzene rings is 3. The molecule has 7 nitrogen and oxygen atoms in total. The molecule has 3 rings (SSSR count). The van der Waals surface area contributed by atoms with Crippen LogP contribution in [0.2, 0.25) is 0 Å². The van der Waals surface area contributed by atoms with E-state index in [4.69, 9.17) is 21.7 Å². The van der Waals surface area contributed by atoms with E-state index in [9.17, 15) is 9.59 Å². The number of carbonyl (C=O) groups excluding carboxylic acids is 2. The number of fused-ring (bicyclic) bond motifs is 1. The Bertz CT molecular complexity index is 1070. The molecular weight excluding hydrogens is 402 g/mol. The van der Waals surface area contributed by atoms with Crippen molar-refractivity contribution in [1.29, 1.82) is 0 Å². The molecule has 0 saturated heterocycles. The second-order valence-corrected chi connectivity index (χ2v) is 6.56. The van der Waals surface area contributed by atoms with Crippen LogP contribution in [-0.2, 0) is 4.79 Å². The van der Waals surface area contributed by atoms with E-state index >= 15 is 0 Å². The van der Waals surface area contributed by atoms with E-state index in [1.807, 2.05) is 43.3 Å². The third kappa shape index (κ3) is 5.45. The van der Waals surface area contributed by atoms with Crippen molar-refractivity contribution in [3.63, 3.8) is 0 Å². The van der Waals surface area contributed by atoms with Gasteiger partial charge in [-0.25, -0.2) is 0 Å². The topological polar surface area (TPSA) is 88.7 Å². The van der Waals surface area contributed by atoms with Crippen LogP contribution in [0.3, 0.4) is 0 Å². The van der Waals surface area contributed by atoms with Gasteiger partial charge in [0.2, 0.25) is 0 Å². The van der Waals surface area contributed by atoms with Crippen LogP contribution < -0.4 is 25.6 Å². The average molecular weight is 423 g/mol. The van der Waals surface area contributed by atoms with E-state index in [1.54, 1.807) is 30.3 Å². The molecular formula is C22H21N3O4S. The van der Waals surface area contributed by atoms with Gasteiger partial charge in [0.25, 0.3) is 11.8 Å². The Morgan fingerprint density at radius 1 is 0.867 bits per heavy atom. The van der Waals surface area contributed by atoms with Crippen molar-refractivity contribution in [3.05, 3.63) is 72.3 Å². The minimum Gasteiger partial charge on any atom is -0.493 e. The molecule has 8 heteroatoms. The first-order chi connectivity index (χ1) is 14.6. The minimum atomic E-state index is -0.450. The van der Waals surface area contributed by atoms with Crippen molar-refractivity contribution in [2.75, 3.05) is 13.2 Å². The van der Waals surface area contributed by atoms with Gasteiger partial charge in [-0.2, -0.15) is 0 Å². The van der Waals surface area contributed by atoms with Gasteiger partial charge < -0.3 is 9.47 Å². The molecule has 0 saturated carbocycles. The summed E-state index contributed by atoms with van der Waals surface area (Å²) in [5, 5.41) is 4.37. The zero-order chi connectivity index (χ0) is 21.3. The minimum absolute atomic E-state index is 0.0511. The lowest BCUT2D eigenvalue weighted by Crippen LogP contribution is -2.49. The van der Waals surface area contributed by atoms with Gasteiger partial charge >= 0.3 is 0 Å². The molecule has 154 valence electrons. The monoisotopic (exact) mass is 423 g/mol. The Morgan fingerprint density at radius 3 is 2.40 bits per heavy atom. The van der Waals surface area contributed by atoms with E-state index in [0.717, 1.165) is 10.8 Å². The molecule has 30 heavy (non-hydrogen) atoms. The quantitative estimate of drug-likeness (QED) is 0.417. The Kier molecular flexibility index (Phi) is 7.18. The largest absolute Gasteiger partial charge is 0.493 e. The second kappa shape index (κ2) is 10.2. The maximum absolute atomic E-state index is 12.4. The van der Waals surface area contributed by atoms with Gasteiger partial charge in [0, 0.05) is 5.39 Å². The van der Waals surface area contributed by atoms with E-state index in [0.29, 0.717) is 23.7 Å². The first-order valence-electron chi connectivity index (χ1n) is 9.31. The van der Waals surface area contributed by atoms with Crippen molar-refractivity contribution >= 4 is 39.9 Å². The molecule has 0 aromatic heterocycles. The number of carbonyl (C=O) groups is 2. The van der Waals surface area contributed by atoms with Gasteiger partial charge in [0.1, 0.15) is 11.5 Å². The smallest absolute Gasteiger partial charge is 0.276 e. The molecule has 0 aliphatic rings. The standard InChI is InChI=1S/C22H21N3O4S/c1-2-28-19-12-6-5-11-17(19)21(27)23-22(30)25-24-20(26)14-29-18-13-7-9-15-8-3-4-10-16(15)18/h3-13H,2,14H2,1H3,(H,24,26)(H2,23,25,27,30). The molecule has 0 unspecified atom stereocenters. The third-order valence-corrected chi connectivity index (χ3v) is 4.29. The van der Waals surface area contributed by atoms with E-state index in [1.165, 1.54) is 0 Å². The van der Waals surface area contributed by atoms with E-state index < -0.39 is 11.8 Å². The van der Waals surface area contributed by atoms with Crippen LogP contribution in [-0.4, -0.2) is 30.1 Å². The number of hydrogen-bond acceptors (Lipinski definition) is 5. The highest BCUT2D eigenvalue weighted by Crippen LogP contribution is 2.24. The van der Waals surface area contributed by atoms with Crippen LogP contribution >= 0.6 is 12.2 Å². The lowest BCUT2D eigenvalue weighted by atomic mass is 10.1. The number of nitrogens with one attached hydrogen (secondary N) is 3. The van der Waals surface area contributed by atoms with Crippen LogP contribution in [0.25, 0.3) is 10.8 Å². The molecule has 0 bridgehead atoms. The van der Waals surface area contributed by atoms with Gasteiger partial charge in [-0.1, -0.05) is 48.5 Å². The molecule has 2 amide bonds. The van der Waals surface area contributed by atoms with Crippen LogP contribution in [0, 0.1) is 0 Å². The normalized spacial score (nSPS) is 10.2. The summed E-state index contributed by atoms with van der Waals surface area (Å²) in [5.74, 6) is 0.159. The van der Waals surface area contributed by atoms with Crippen molar-refractivity contribution < 1.29 is 19.1 Å². The van der Waals surface area contributed by atoms with Crippen molar-refractivity contribution in [2.24, 2.45) is 0 Å². The summed E-state index contributed by atoms with van der Waals surface area (Å²) in [6.45, 7) is 2.04. The number of para-hydroxylation sites is 1. The van der Waals surface area contributed by atoms with Crippen molar-refractivity contribution in [1.82, 2.24) is 16.2 Å². The first-order valence-corrected chi connectivity index (χ1v) is 9.72. The SMILES string of the molecule is CCOc1ccccc1C(=O)NC(=S)NNC(=O)COc1cccc2ccccc12. The number of hydrazine groups is 1. The molecule has 3 aromatic carbocycles. The molecule has 0 fully saturated rings. The highest BCUT2D eigenvalue weighted by Gasteiger charge is 2.13. The summed E-state index contributed by atoms with van der Waals surface area (Å²) in [5.41, 5.74) is 5.23. The van der Waals surface area contributed by atoms with Gasteiger partial charge in [-0.15, -0.1) is 0 Å². The summed E-state index contributed by atoms with van der Waals surface area (Å²) in [6.07, 6.45) is 0. The average Bonchev–Trinajstić information content (AvgIpc) is 2.76. The molecule has 0 aliphatic heterocycles. The zero-order valence-electron chi connectivity index (χ0n) is 16.3. The van der Waals surface area contributed by atoms with Crippen LogP contribution in [0.4, 0.5) is 0 Å². The first kappa shape index (κ1) is 21.1. The van der Waals surface area contributed by atoms with E-state index in [2.05, 4.69) is 16.2 Å². The lowest BCUT2D eigenvalue weighted by molar-refractivity contribution is -0.123. The predicted octanol–water partition coefficient (Wildman–Crippen LogP) is 2.95. The summed E-state index contributed by atoms with van der Waals surface area (Å²) in [7, 11) is 0. The van der Waals surface area contributed by atoms with Gasteiger partial charge in [-0.05, 0) is 42.7 Å². The fourth-order valence-electron chi connectivity index (χ4n) is 2.76. The van der Waals surface area contributed by atoms with Gasteiger partial charge in [0.05, 0.1) is 12.2 Å². The molecule has 0 radical (unpaired) electrons.